The quantitative estimate of drug-likeness (QED) is 0.660. The van der Waals surface area contributed by atoms with E-state index in [1.54, 1.807) is 36.3 Å². The van der Waals surface area contributed by atoms with Crippen molar-refractivity contribution in [2.24, 2.45) is 0 Å². The van der Waals surface area contributed by atoms with Crippen LogP contribution in [0.5, 0.6) is 5.75 Å². The SMILES string of the molecule is CCN(Cc1ccc(OC)cc1)C(=O)c1ccc(NC(=O)c2ccco2)s1. The smallest absolute Gasteiger partial charge is 0.291 e. The summed E-state index contributed by atoms with van der Waals surface area (Å²) in [5.74, 6) is 0.595. The summed E-state index contributed by atoms with van der Waals surface area (Å²) in [6.45, 7) is 3.02. The fraction of sp³-hybridized carbons (Fsp3) is 0.200. The summed E-state index contributed by atoms with van der Waals surface area (Å²) < 4.78 is 10.2. The Bertz CT molecular complexity index is 900. The van der Waals surface area contributed by atoms with Gasteiger partial charge in [-0.25, -0.2) is 0 Å². The van der Waals surface area contributed by atoms with Crippen LogP contribution < -0.4 is 10.1 Å². The van der Waals surface area contributed by atoms with Crippen molar-refractivity contribution >= 4 is 28.2 Å². The first kappa shape index (κ1) is 18.7. The summed E-state index contributed by atoms with van der Waals surface area (Å²) in [5, 5.41) is 3.34. The third-order valence-corrected chi connectivity index (χ3v) is 4.99. The molecule has 0 aliphatic carbocycles. The second-order valence-electron chi connectivity index (χ2n) is 5.76. The molecule has 140 valence electrons. The van der Waals surface area contributed by atoms with E-state index in [0.29, 0.717) is 23.0 Å². The monoisotopic (exact) mass is 384 g/mol. The first-order valence-electron chi connectivity index (χ1n) is 8.47. The maximum Gasteiger partial charge on any atom is 0.291 e. The van der Waals surface area contributed by atoms with Crippen LogP contribution in [0.1, 0.15) is 32.7 Å². The average molecular weight is 384 g/mol. The van der Waals surface area contributed by atoms with E-state index in [1.165, 1.54) is 17.6 Å². The van der Waals surface area contributed by atoms with Gasteiger partial charge in [-0.05, 0) is 48.9 Å². The highest BCUT2D eigenvalue weighted by Crippen LogP contribution is 2.25. The lowest BCUT2D eigenvalue weighted by molar-refractivity contribution is 0.0757. The van der Waals surface area contributed by atoms with Gasteiger partial charge in [-0.3, -0.25) is 9.59 Å². The van der Waals surface area contributed by atoms with Crippen LogP contribution in [0.25, 0.3) is 0 Å². The van der Waals surface area contributed by atoms with E-state index in [9.17, 15) is 9.59 Å². The van der Waals surface area contributed by atoms with Gasteiger partial charge in [-0.1, -0.05) is 12.1 Å². The van der Waals surface area contributed by atoms with E-state index in [-0.39, 0.29) is 17.6 Å². The molecule has 0 unspecified atom stereocenters. The standard InChI is InChI=1S/C20H20N2O4S/c1-3-22(13-14-6-8-15(25-2)9-7-14)20(24)17-10-11-18(27-17)21-19(23)16-5-4-12-26-16/h4-12H,3,13H2,1-2H3,(H,21,23). The largest absolute Gasteiger partial charge is 0.497 e. The molecule has 0 bridgehead atoms. The zero-order valence-corrected chi connectivity index (χ0v) is 15.9. The van der Waals surface area contributed by atoms with Crippen LogP contribution in [-0.4, -0.2) is 30.4 Å². The Hall–Kier alpha value is -3.06. The minimum Gasteiger partial charge on any atom is -0.497 e. The van der Waals surface area contributed by atoms with Gasteiger partial charge in [-0.15, -0.1) is 11.3 Å². The number of carbonyl (C=O) groups is 2. The molecule has 0 atom stereocenters. The summed E-state index contributed by atoms with van der Waals surface area (Å²) in [5.41, 5.74) is 1.02. The van der Waals surface area contributed by atoms with Crippen LogP contribution in [0.4, 0.5) is 5.00 Å². The van der Waals surface area contributed by atoms with Crippen LogP contribution in [0.15, 0.2) is 59.2 Å². The fourth-order valence-electron chi connectivity index (χ4n) is 2.54. The molecule has 0 fully saturated rings. The predicted octanol–water partition coefficient (Wildman–Crippen LogP) is 4.26. The second kappa shape index (κ2) is 8.55. The van der Waals surface area contributed by atoms with Crippen LogP contribution in [0.3, 0.4) is 0 Å². The van der Waals surface area contributed by atoms with Crippen molar-refractivity contribution in [3.63, 3.8) is 0 Å². The average Bonchev–Trinajstić information content (AvgIpc) is 3.38. The van der Waals surface area contributed by atoms with Crippen molar-refractivity contribution in [3.8, 4) is 5.75 Å². The van der Waals surface area contributed by atoms with Crippen molar-refractivity contribution in [3.05, 3.63) is 71.0 Å². The molecule has 0 saturated heterocycles. The second-order valence-corrected chi connectivity index (χ2v) is 6.85. The molecule has 7 heteroatoms. The normalized spacial score (nSPS) is 10.4. The zero-order chi connectivity index (χ0) is 19.2. The molecule has 3 aromatic rings. The van der Waals surface area contributed by atoms with Gasteiger partial charge < -0.3 is 19.4 Å². The summed E-state index contributed by atoms with van der Waals surface area (Å²) in [6.07, 6.45) is 1.44. The molecule has 2 aromatic heterocycles. The van der Waals surface area contributed by atoms with E-state index in [1.807, 2.05) is 31.2 Å². The molecular weight excluding hydrogens is 364 g/mol. The van der Waals surface area contributed by atoms with Crippen LogP contribution >= 0.6 is 11.3 Å². The maximum absolute atomic E-state index is 12.8. The first-order chi connectivity index (χ1) is 13.1. The topological polar surface area (TPSA) is 71.8 Å². The molecule has 3 rings (SSSR count). The van der Waals surface area contributed by atoms with Gasteiger partial charge in [0.05, 0.1) is 23.3 Å². The predicted molar refractivity (Wildman–Crippen MR) is 104 cm³/mol. The van der Waals surface area contributed by atoms with Gasteiger partial charge >= 0.3 is 0 Å². The molecule has 2 heterocycles. The Labute approximate surface area is 161 Å². The summed E-state index contributed by atoms with van der Waals surface area (Å²) in [6, 6.07) is 14.3. The van der Waals surface area contributed by atoms with Crippen molar-refractivity contribution in [1.82, 2.24) is 4.90 Å². The maximum atomic E-state index is 12.8. The van der Waals surface area contributed by atoms with Gasteiger partial charge in [0.2, 0.25) is 0 Å². The Morgan fingerprint density at radius 2 is 1.93 bits per heavy atom. The van der Waals surface area contributed by atoms with E-state index < -0.39 is 0 Å². The number of nitrogens with zero attached hydrogens (tertiary/aromatic N) is 1. The number of benzene rings is 1. The third kappa shape index (κ3) is 4.57. The number of furan rings is 1. The summed E-state index contributed by atoms with van der Waals surface area (Å²) in [7, 11) is 1.62. The molecule has 0 spiro atoms. The molecule has 0 aliphatic rings. The van der Waals surface area contributed by atoms with E-state index in [4.69, 9.17) is 9.15 Å². The number of hydrogen-bond donors (Lipinski definition) is 1. The van der Waals surface area contributed by atoms with Crippen molar-refractivity contribution in [2.45, 2.75) is 13.5 Å². The number of methoxy groups -OCH3 is 1. The third-order valence-electron chi connectivity index (χ3n) is 4.00. The van der Waals surface area contributed by atoms with Crippen molar-refractivity contribution in [2.75, 3.05) is 19.0 Å². The highest BCUT2D eigenvalue weighted by Gasteiger charge is 2.18. The highest BCUT2D eigenvalue weighted by molar-refractivity contribution is 7.18. The molecule has 1 N–H and O–H groups in total. The number of thiophene rings is 1. The number of ether oxygens (including phenoxy) is 1. The molecule has 1 aromatic carbocycles. The summed E-state index contributed by atoms with van der Waals surface area (Å²) >= 11 is 1.24. The van der Waals surface area contributed by atoms with Crippen LogP contribution in [0, 0.1) is 0 Å². The molecule has 27 heavy (non-hydrogen) atoms. The Morgan fingerprint density at radius 1 is 1.15 bits per heavy atom. The number of nitrogens with one attached hydrogen (secondary N) is 1. The van der Waals surface area contributed by atoms with Crippen molar-refractivity contribution in [1.29, 1.82) is 0 Å². The van der Waals surface area contributed by atoms with Gasteiger partial charge in [0.1, 0.15) is 5.75 Å². The highest BCUT2D eigenvalue weighted by atomic mass is 32.1. The van der Waals surface area contributed by atoms with Gasteiger partial charge in [0.25, 0.3) is 11.8 Å². The number of anilines is 1. The Kier molecular flexibility index (Phi) is 5.93. The minimum atomic E-state index is -0.341. The zero-order valence-electron chi connectivity index (χ0n) is 15.1. The lowest BCUT2D eigenvalue weighted by Gasteiger charge is -2.20. The number of rotatable bonds is 7. The van der Waals surface area contributed by atoms with Crippen molar-refractivity contribution < 1.29 is 18.7 Å². The fourth-order valence-corrected chi connectivity index (χ4v) is 3.40. The van der Waals surface area contributed by atoms with Crippen LogP contribution in [-0.2, 0) is 6.54 Å². The summed E-state index contributed by atoms with van der Waals surface area (Å²) in [4.78, 5) is 27.2. The molecule has 2 amide bonds. The lowest BCUT2D eigenvalue weighted by atomic mass is 10.2. The molecule has 0 saturated carbocycles. The molecule has 0 radical (unpaired) electrons. The Morgan fingerprint density at radius 3 is 2.56 bits per heavy atom. The van der Waals surface area contributed by atoms with Crippen LogP contribution in [0.2, 0.25) is 0 Å². The van der Waals surface area contributed by atoms with E-state index >= 15 is 0 Å². The lowest BCUT2D eigenvalue weighted by Crippen LogP contribution is -2.29. The number of carbonyl (C=O) groups excluding carboxylic acids is 2. The molecule has 6 nitrogen and oxygen atoms in total. The minimum absolute atomic E-state index is 0.0724. The molecule has 0 aliphatic heterocycles. The van der Waals surface area contributed by atoms with E-state index in [2.05, 4.69) is 5.32 Å². The number of amides is 2. The molecular formula is C20H20N2O4S. The van der Waals surface area contributed by atoms with Gasteiger partial charge in [0, 0.05) is 13.1 Å². The van der Waals surface area contributed by atoms with E-state index in [0.717, 1.165) is 11.3 Å². The first-order valence-corrected chi connectivity index (χ1v) is 9.29. The van der Waals surface area contributed by atoms with Gasteiger partial charge in [-0.2, -0.15) is 0 Å². The van der Waals surface area contributed by atoms with Gasteiger partial charge in [0.15, 0.2) is 5.76 Å². The Balaban J connectivity index is 1.66. The number of hydrogen-bond acceptors (Lipinski definition) is 5.